The van der Waals surface area contributed by atoms with Crippen LogP contribution in [0.2, 0.25) is 0 Å². The van der Waals surface area contributed by atoms with Crippen molar-refractivity contribution in [3.8, 4) is 17.2 Å². The van der Waals surface area contributed by atoms with Crippen LogP contribution in [-0.2, 0) is 43.3 Å². The second kappa shape index (κ2) is 9.49. The van der Waals surface area contributed by atoms with Gasteiger partial charge in [-0.3, -0.25) is 0 Å². The van der Waals surface area contributed by atoms with E-state index in [1.54, 1.807) is 0 Å². The maximum absolute atomic E-state index is 13.7. The molecular weight excluding hydrogens is 543 g/mol. The van der Waals surface area contributed by atoms with Gasteiger partial charge in [-0.1, -0.05) is 0 Å². The Balaban J connectivity index is 2.50. The average molecular weight is 561 g/mol. The van der Waals surface area contributed by atoms with Crippen LogP contribution in [0.25, 0.3) is 5.76 Å². The van der Waals surface area contributed by atoms with Crippen LogP contribution in [0.1, 0.15) is 5.56 Å². The van der Waals surface area contributed by atoms with Gasteiger partial charge >= 0.3 is 21.6 Å². The zero-order valence-corrected chi connectivity index (χ0v) is 20.5. The van der Waals surface area contributed by atoms with Gasteiger partial charge in [0.25, 0.3) is 10.0 Å². The van der Waals surface area contributed by atoms with Crippen molar-refractivity contribution in [1.82, 2.24) is 4.31 Å². The molecule has 1 aromatic carbocycles. The molecule has 0 unspecified atom stereocenters. The molecule has 36 heavy (non-hydrogen) atoms. The zero-order chi connectivity index (χ0) is 27.1. The number of esters is 1. The Labute approximate surface area is 202 Å². The van der Waals surface area contributed by atoms with Crippen molar-refractivity contribution in [2.45, 2.75) is 10.4 Å². The summed E-state index contributed by atoms with van der Waals surface area (Å²) < 4.78 is 126. The highest BCUT2D eigenvalue weighted by molar-refractivity contribution is 7.89. The molecule has 18 heteroatoms. The molecule has 0 atom stereocenters. The molecule has 13 nitrogen and oxygen atoms in total. The molecule has 0 aromatic heterocycles. The molecule has 200 valence electrons. The number of nitrogens with zero attached hydrogens (tertiary/aromatic N) is 1. The van der Waals surface area contributed by atoms with Crippen LogP contribution in [0, 0.1) is 0 Å². The van der Waals surface area contributed by atoms with Crippen molar-refractivity contribution < 1.29 is 67.4 Å². The van der Waals surface area contributed by atoms with Crippen molar-refractivity contribution in [1.29, 1.82) is 0 Å². The summed E-state index contributed by atoms with van der Waals surface area (Å²) in [6.07, 6.45) is 0.985. The van der Waals surface area contributed by atoms with Crippen LogP contribution >= 0.6 is 0 Å². The number of hydrogen-bond acceptors (Lipinski definition) is 12. The lowest BCUT2D eigenvalue weighted by molar-refractivity contribution is -0.137. The van der Waals surface area contributed by atoms with E-state index >= 15 is 0 Å². The van der Waals surface area contributed by atoms with Gasteiger partial charge in [0.2, 0.25) is 12.5 Å². The summed E-state index contributed by atoms with van der Waals surface area (Å²) in [7, 11) is -7.32. The molecule has 0 spiro atoms. The number of fused-ring (bicyclic) bond motifs is 1. The number of benzene rings is 1. The Morgan fingerprint density at radius 1 is 1.11 bits per heavy atom. The highest BCUT2D eigenvalue weighted by Crippen LogP contribution is 2.51. The van der Waals surface area contributed by atoms with Gasteiger partial charge in [-0.2, -0.15) is 21.6 Å². The summed E-state index contributed by atoms with van der Waals surface area (Å²) in [5, 5.41) is 0. The second-order valence-electron chi connectivity index (χ2n) is 6.70. The van der Waals surface area contributed by atoms with E-state index in [-0.39, 0.29) is 28.4 Å². The van der Waals surface area contributed by atoms with Crippen LogP contribution in [0.15, 0.2) is 28.7 Å². The molecule has 0 amide bonds. The Morgan fingerprint density at radius 2 is 1.75 bits per heavy atom. The smallest absolute Gasteiger partial charge is 0.493 e. The molecule has 2 aliphatic heterocycles. The summed E-state index contributed by atoms with van der Waals surface area (Å²) in [6, 6.07) is 0.810. The molecule has 3 rings (SSSR count). The minimum atomic E-state index is -6.43. The van der Waals surface area contributed by atoms with Crippen LogP contribution in [0.4, 0.5) is 13.2 Å². The third-order valence-electron chi connectivity index (χ3n) is 4.72. The number of hydrogen-bond donors (Lipinski definition) is 0. The number of carbonyl (C=O) groups excluding carboxylic acids is 1. The molecule has 0 aliphatic carbocycles. The van der Waals surface area contributed by atoms with Gasteiger partial charge in [0, 0.05) is 5.56 Å². The average Bonchev–Trinajstić information content (AvgIpc) is 3.32. The van der Waals surface area contributed by atoms with E-state index < -0.39 is 65.8 Å². The van der Waals surface area contributed by atoms with E-state index in [9.17, 15) is 34.8 Å². The summed E-state index contributed by atoms with van der Waals surface area (Å²) >= 11 is 0. The van der Waals surface area contributed by atoms with E-state index in [1.807, 2.05) is 0 Å². The molecule has 0 N–H and O–H groups in total. The monoisotopic (exact) mass is 561 g/mol. The fourth-order valence-electron chi connectivity index (χ4n) is 3.22. The molecule has 2 heterocycles. The van der Waals surface area contributed by atoms with Crippen molar-refractivity contribution in [3.05, 3.63) is 29.3 Å². The normalized spacial score (nSPS) is 16.9. The molecule has 0 saturated carbocycles. The Hall–Kier alpha value is -3.54. The fourth-order valence-corrected chi connectivity index (χ4v) is 5.46. The Kier molecular flexibility index (Phi) is 7.13. The zero-order valence-electron chi connectivity index (χ0n) is 18.9. The SMILES string of the molecule is COC(=O)C1=C(OS(=O)(=O)C(F)(F)F)c2cc(OC)c(OC)c(OC)c2S(=O)(=O)N1CC1=COCO1. The summed E-state index contributed by atoms with van der Waals surface area (Å²) in [5.74, 6) is -4.24. The molecule has 0 saturated heterocycles. The minimum absolute atomic E-state index is 0.180. The van der Waals surface area contributed by atoms with Gasteiger partial charge in [0.05, 0.1) is 35.0 Å². The number of halogens is 3. The van der Waals surface area contributed by atoms with Crippen molar-refractivity contribution in [3.63, 3.8) is 0 Å². The van der Waals surface area contributed by atoms with Crippen molar-refractivity contribution >= 4 is 31.9 Å². The topological polar surface area (TPSA) is 153 Å². The van der Waals surface area contributed by atoms with Gasteiger partial charge in [0.1, 0.15) is 11.2 Å². The number of ether oxygens (including phenoxy) is 6. The molecule has 1 aromatic rings. The second-order valence-corrected chi connectivity index (χ2v) is 10.0. The first-order chi connectivity index (χ1) is 16.7. The predicted molar refractivity (Wildman–Crippen MR) is 110 cm³/mol. The third kappa shape index (κ3) is 4.41. The number of methoxy groups -OCH3 is 4. The van der Waals surface area contributed by atoms with Gasteiger partial charge in [-0.15, -0.1) is 0 Å². The molecule has 0 radical (unpaired) electrons. The first-order valence-electron chi connectivity index (χ1n) is 9.38. The maximum Gasteiger partial charge on any atom is 0.534 e. The Bertz CT molecular complexity index is 1350. The van der Waals surface area contributed by atoms with E-state index in [1.165, 1.54) is 0 Å². The van der Waals surface area contributed by atoms with Crippen molar-refractivity contribution in [2.24, 2.45) is 0 Å². The highest BCUT2D eigenvalue weighted by Gasteiger charge is 2.53. The predicted octanol–water partition coefficient (Wildman–Crippen LogP) is 1.27. The van der Waals surface area contributed by atoms with Gasteiger partial charge in [-0.25, -0.2) is 17.5 Å². The Morgan fingerprint density at radius 3 is 2.22 bits per heavy atom. The van der Waals surface area contributed by atoms with E-state index in [4.69, 9.17) is 23.7 Å². The number of carbonyl (C=O) groups is 1. The van der Waals surface area contributed by atoms with E-state index in [2.05, 4.69) is 8.92 Å². The first-order valence-corrected chi connectivity index (χ1v) is 12.2. The lowest BCUT2D eigenvalue weighted by Crippen LogP contribution is -2.41. The highest BCUT2D eigenvalue weighted by atomic mass is 32.2. The van der Waals surface area contributed by atoms with Gasteiger partial charge < -0.3 is 32.6 Å². The van der Waals surface area contributed by atoms with Gasteiger partial charge in [0.15, 0.2) is 28.7 Å². The first kappa shape index (κ1) is 27.1. The molecular formula is C18H18F3NO12S2. The quantitative estimate of drug-likeness (QED) is 0.255. The molecule has 2 aliphatic rings. The lowest BCUT2D eigenvalue weighted by Gasteiger charge is -2.33. The summed E-state index contributed by atoms with van der Waals surface area (Å²) in [5.41, 5.74) is -7.97. The summed E-state index contributed by atoms with van der Waals surface area (Å²) in [6.45, 7) is -1.15. The molecule has 0 fully saturated rings. The minimum Gasteiger partial charge on any atom is -0.493 e. The van der Waals surface area contributed by atoms with Gasteiger partial charge in [-0.05, 0) is 6.07 Å². The third-order valence-corrected chi connectivity index (χ3v) is 7.49. The molecule has 0 bridgehead atoms. The van der Waals surface area contributed by atoms with Crippen LogP contribution in [0.5, 0.6) is 17.2 Å². The lowest BCUT2D eigenvalue weighted by atomic mass is 10.1. The standard InChI is InChI=1S/C18H18F3NO12S2/c1-28-11-5-10-13(34-36(26,27)18(19,20)21)12(17(23)31-4)22(6-9-7-32-8-33-9)35(24,25)16(10)15(30-3)14(11)29-2/h5,7H,6,8H2,1-4H3. The van der Waals surface area contributed by atoms with Crippen LogP contribution < -0.4 is 14.2 Å². The number of alkyl halides is 3. The number of rotatable bonds is 8. The van der Waals surface area contributed by atoms with Crippen LogP contribution in [0.3, 0.4) is 0 Å². The summed E-state index contributed by atoms with van der Waals surface area (Å²) in [4.78, 5) is 11.8. The van der Waals surface area contributed by atoms with Crippen LogP contribution in [-0.4, -0.2) is 74.4 Å². The van der Waals surface area contributed by atoms with Crippen molar-refractivity contribution in [2.75, 3.05) is 41.8 Å². The largest absolute Gasteiger partial charge is 0.534 e. The van der Waals surface area contributed by atoms with E-state index in [0.29, 0.717) is 0 Å². The van der Waals surface area contributed by atoms with E-state index in [0.717, 1.165) is 40.8 Å². The number of sulfonamides is 1. The fraction of sp³-hybridized carbons (Fsp3) is 0.389. The maximum atomic E-state index is 13.7.